The molecule has 2 heterocycles. The van der Waals surface area contributed by atoms with E-state index in [2.05, 4.69) is 39.4 Å². The van der Waals surface area contributed by atoms with E-state index in [0.29, 0.717) is 6.54 Å². The molecule has 0 aromatic carbocycles. The van der Waals surface area contributed by atoms with Gasteiger partial charge in [-0.05, 0) is 12.8 Å². The second kappa shape index (κ2) is 7.04. The van der Waals surface area contributed by atoms with Crippen LogP contribution in [0, 0.1) is 0 Å². The first kappa shape index (κ1) is 13.7. The zero-order chi connectivity index (χ0) is 13.5. The number of hydrogen-bond acceptors (Lipinski definition) is 6. The Morgan fingerprint density at radius 1 is 1.11 bits per heavy atom. The Labute approximate surface area is 117 Å². The van der Waals surface area contributed by atoms with E-state index < -0.39 is 0 Å². The molecule has 102 valence electrons. The SMILES string of the molecule is CCCNc1ncnc(NCc2cscn2)c1CC. The summed E-state index contributed by atoms with van der Waals surface area (Å²) >= 11 is 1.60. The zero-order valence-corrected chi connectivity index (χ0v) is 12.1. The van der Waals surface area contributed by atoms with Crippen LogP contribution in [-0.4, -0.2) is 21.5 Å². The summed E-state index contributed by atoms with van der Waals surface area (Å²) in [6, 6.07) is 0. The van der Waals surface area contributed by atoms with Crippen LogP contribution in [0.25, 0.3) is 0 Å². The lowest BCUT2D eigenvalue weighted by molar-refractivity contribution is 0.942. The maximum atomic E-state index is 4.33. The highest BCUT2D eigenvalue weighted by molar-refractivity contribution is 7.07. The minimum absolute atomic E-state index is 0.695. The maximum absolute atomic E-state index is 4.33. The van der Waals surface area contributed by atoms with Gasteiger partial charge in [-0.1, -0.05) is 13.8 Å². The van der Waals surface area contributed by atoms with Crippen molar-refractivity contribution in [1.82, 2.24) is 15.0 Å². The molecule has 0 bridgehead atoms. The van der Waals surface area contributed by atoms with Crippen LogP contribution in [0.3, 0.4) is 0 Å². The van der Waals surface area contributed by atoms with Crippen molar-refractivity contribution in [3.8, 4) is 0 Å². The van der Waals surface area contributed by atoms with Crippen LogP contribution in [0.1, 0.15) is 31.5 Å². The molecule has 19 heavy (non-hydrogen) atoms. The topological polar surface area (TPSA) is 62.7 Å². The van der Waals surface area contributed by atoms with Gasteiger partial charge in [-0.15, -0.1) is 11.3 Å². The number of nitrogens with zero attached hydrogens (tertiary/aromatic N) is 3. The average molecular weight is 277 g/mol. The monoisotopic (exact) mass is 277 g/mol. The highest BCUT2D eigenvalue weighted by atomic mass is 32.1. The fourth-order valence-corrected chi connectivity index (χ4v) is 2.35. The molecule has 0 aliphatic carbocycles. The molecule has 0 aliphatic heterocycles. The predicted octanol–water partition coefficient (Wildman–Crippen LogP) is 2.93. The number of hydrogen-bond donors (Lipinski definition) is 2. The molecule has 0 radical (unpaired) electrons. The standard InChI is InChI=1S/C13H19N5S/c1-3-5-14-12-11(4-2)13(17-8-16-12)15-6-10-7-19-9-18-10/h7-9H,3-6H2,1-2H3,(H2,14,15,16,17). The third kappa shape index (κ3) is 3.64. The van der Waals surface area contributed by atoms with Crippen molar-refractivity contribution in [3.05, 3.63) is 28.5 Å². The number of aromatic nitrogens is 3. The first-order valence-corrected chi connectivity index (χ1v) is 7.48. The van der Waals surface area contributed by atoms with Gasteiger partial charge in [0.25, 0.3) is 0 Å². The summed E-state index contributed by atoms with van der Waals surface area (Å²) in [7, 11) is 0. The van der Waals surface area contributed by atoms with Crippen LogP contribution in [0.5, 0.6) is 0 Å². The van der Waals surface area contributed by atoms with Crippen LogP contribution in [0.15, 0.2) is 17.2 Å². The van der Waals surface area contributed by atoms with Gasteiger partial charge in [-0.3, -0.25) is 0 Å². The van der Waals surface area contributed by atoms with Crippen LogP contribution in [-0.2, 0) is 13.0 Å². The van der Waals surface area contributed by atoms with Gasteiger partial charge in [0.1, 0.15) is 18.0 Å². The Kier molecular flexibility index (Phi) is 5.09. The first-order valence-electron chi connectivity index (χ1n) is 6.53. The lowest BCUT2D eigenvalue weighted by Gasteiger charge is -2.13. The van der Waals surface area contributed by atoms with Gasteiger partial charge in [-0.2, -0.15) is 0 Å². The number of nitrogens with one attached hydrogen (secondary N) is 2. The van der Waals surface area contributed by atoms with Gasteiger partial charge in [0, 0.05) is 17.5 Å². The van der Waals surface area contributed by atoms with E-state index in [1.54, 1.807) is 17.7 Å². The van der Waals surface area contributed by atoms with E-state index >= 15 is 0 Å². The van der Waals surface area contributed by atoms with E-state index in [9.17, 15) is 0 Å². The first-order chi connectivity index (χ1) is 9.35. The summed E-state index contributed by atoms with van der Waals surface area (Å²) < 4.78 is 0. The maximum Gasteiger partial charge on any atom is 0.135 e. The van der Waals surface area contributed by atoms with E-state index in [1.165, 1.54) is 0 Å². The predicted molar refractivity (Wildman–Crippen MR) is 79.6 cm³/mol. The van der Waals surface area contributed by atoms with E-state index in [1.807, 2.05) is 10.9 Å². The summed E-state index contributed by atoms with van der Waals surface area (Å²) in [6.07, 6.45) is 3.57. The highest BCUT2D eigenvalue weighted by Gasteiger charge is 2.09. The molecule has 2 aromatic heterocycles. The third-order valence-corrected chi connectivity index (χ3v) is 3.40. The second-order valence-corrected chi connectivity index (χ2v) is 4.88. The van der Waals surface area contributed by atoms with Crippen molar-refractivity contribution in [1.29, 1.82) is 0 Å². The molecule has 2 rings (SSSR count). The summed E-state index contributed by atoms with van der Waals surface area (Å²) in [5.74, 6) is 1.82. The molecule has 0 aliphatic rings. The molecule has 0 spiro atoms. The molecule has 0 amide bonds. The van der Waals surface area contributed by atoms with Crippen molar-refractivity contribution in [3.63, 3.8) is 0 Å². The molecule has 6 heteroatoms. The Hall–Kier alpha value is -1.69. The van der Waals surface area contributed by atoms with Crippen molar-refractivity contribution in [2.45, 2.75) is 33.2 Å². The van der Waals surface area contributed by atoms with Crippen LogP contribution in [0.4, 0.5) is 11.6 Å². The summed E-state index contributed by atoms with van der Waals surface area (Å²) in [6.45, 7) is 5.88. The molecule has 0 unspecified atom stereocenters. The zero-order valence-electron chi connectivity index (χ0n) is 11.3. The molecule has 2 N–H and O–H groups in total. The molecule has 0 saturated carbocycles. The van der Waals surface area contributed by atoms with Crippen molar-refractivity contribution in [2.75, 3.05) is 17.2 Å². The van der Waals surface area contributed by atoms with E-state index in [4.69, 9.17) is 0 Å². The largest absolute Gasteiger partial charge is 0.370 e. The normalized spacial score (nSPS) is 10.4. The van der Waals surface area contributed by atoms with E-state index in [0.717, 1.165) is 42.3 Å². The summed E-state index contributed by atoms with van der Waals surface area (Å²) in [5.41, 5.74) is 4.01. The lowest BCUT2D eigenvalue weighted by atomic mass is 10.2. The Morgan fingerprint density at radius 3 is 2.53 bits per heavy atom. The van der Waals surface area contributed by atoms with Gasteiger partial charge in [0.15, 0.2) is 0 Å². The van der Waals surface area contributed by atoms with Crippen molar-refractivity contribution >= 4 is 23.0 Å². The van der Waals surface area contributed by atoms with Crippen LogP contribution < -0.4 is 10.6 Å². The van der Waals surface area contributed by atoms with Crippen molar-refractivity contribution in [2.24, 2.45) is 0 Å². The quantitative estimate of drug-likeness (QED) is 0.814. The van der Waals surface area contributed by atoms with E-state index in [-0.39, 0.29) is 0 Å². The van der Waals surface area contributed by atoms with Gasteiger partial charge < -0.3 is 10.6 Å². The Morgan fingerprint density at radius 2 is 1.89 bits per heavy atom. The second-order valence-electron chi connectivity index (χ2n) is 4.16. The Balaban J connectivity index is 2.10. The molecule has 5 nitrogen and oxygen atoms in total. The molecule has 0 atom stereocenters. The smallest absolute Gasteiger partial charge is 0.135 e. The lowest BCUT2D eigenvalue weighted by Crippen LogP contribution is -2.10. The molecule has 0 saturated heterocycles. The minimum Gasteiger partial charge on any atom is -0.370 e. The van der Waals surface area contributed by atoms with Gasteiger partial charge in [-0.25, -0.2) is 15.0 Å². The minimum atomic E-state index is 0.695. The number of thiazole rings is 1. The van der Waals surface area contributed by atoms with Gasteiger partial charge in [0.05, 0.1) is 17.7 Å². The molecular formula is C13H19N5S. The van der Waals surface area contributed by atoms with Gasteiger partial charge >= 0.3 is 0 Å². The van der Waals surface area contributed by atoms with Crippen LogP contribution >= 0.6 is 11.3 Å². The number of anilines is 2. The number of rotatable bonds is 7. The fourth-order valence-electron chi connectivity index (χ4n) is 1.79. The molecular weight excluding hydrogens is 258 g/mol. The molecule has 0 fully saturated rings. The molecule has 2 aromatic rings. The average Bonchev–Trinajstić information content (AvgIpc) is 2.96. The highest BCUT2D eigenvalue weighted by Crippen LogP contribution is 2.21. The van der Waals surface area contributed by atoms with Crippen LogP contribution in [0.2, 0.25) is 0 Å². The summed E-state index contributed by atoms with van der Waals surface area (Å²) in [5, 5.41) is 8.72. The summed E-state index contributed by atoms with van der Waals surface area (Å²) in [4.78, 5) is 12.9. The fraction of sp³-hybridized carbons (Fsp3) is 0.462. The van der Waals surface area contributed by atoms with Gasteiger partial charge in [0.2, 0.25) is 0 Å². The van der Waals surface area contributed by atoms with Crippen molar-refractivity contribution < 1.29 is 0 Å². The Bertz CT molecular complexity index is 498. The third-order valence-electron chi connectivity index (χ3n) is 2.76.